The summed E-state index contributed by atoms with van der Waals surface area (Å²) in [7, 11) is 0. The van der Waals surface area contributed by atoms with Crippen LogP contribution in [0.15, 0.2) is 11.6 Å². The van der Waals surface area contributed by atoms with Gasteiger partial charge in [0.2, 0.25) is 5.82 Å². The van der Waals surface area contributed by atoms with E-state index in [-0.39, 0.29) is 16.8 Å². The van der Waals surface area contributed by atoms with Gasteiger partial charge in [0.25, 0.3) is 4.96 Å². The van der Waals surface area contributed by atoms with E-state index in [9.17, 15) is 10.1 Å². The third-order valence-corrected chi connectivity index (χ3v) is 5.24. The smallest absolute Gasteiger partial charge is 0.360 e. The Morgan fingerprint density at radius 2 is 2.40 bits per heavy atom. The molecule has 0 amide bonds. The Morgan fingerprint density at radius 1 is 1.60 bits per heavy atom. The van der Waals surface area contributed by atoms with Gasteiger partial charge >= 0.3 is 5.82 Å². The Balaban J connectivity index is 1.89. The van der Waals surface area contributed by atoms with Crippen molar-refractivity contribution in [3.8, 4) is 0 Å². The van der Waals surface area contributed by atoms with Gasteiger partial charge in [-0.15, -0.1) is 0 Å². The van der Waals surface area contributed by atoms with Crippen molar-refractivity contribution >= 4 is 27.9 Å². The lowest BCUT2D eigenvalue weighted by Gasteiger charge is -2.20. The van der Waals surface area contributed by atoms with E-state index in [0.717, 1.165) is 6.42 Å². The molecule has 1 saturated carbocycles. The van der Waals surface area contributed by atoms with Gasteiger partial charge in [-0.2, -0.15) is 9.38 Å². The van der Waals surface area contributed by atoms with Crippen LogP contribution in [0.2, 0.25) is 0 Å². The molecule has 20 heavy (non-hydrogen) atoms. The Bertz CT molecular complexity index is 635. The number of hydrogen-bond donors (Lipinski definition) is 1. The van der Waals surface area contributed by atoms with Crippen molar-refractivity contribution in [3.63, 3.8) is 0 Å². The summed E-state index contributed by atoms with van der Waals surface area (Å²) < 4.78 is 1.55. The number of thiazole rings is 1. The zero-order valence-electron chi connectivity index (χ0n) is 11.6. The van der Waals surface area contributed by atoms with Crippen LogP contribution >= 0.6 is 11.3 Å². The minimum Gasteiger partial charge on any atom is -0.360 e. The average molecular weight is 294 g/mol. The summed E-state index contributed by atoms with van der Waals surface area (Å²) in [5.74, 6) is 1.69. The van der Waals surface area contributed by atoms with Crippen molar-refractivity contribution in [1.29, 1.82) is 0 Å². The number of anilines is 1. The molecule has 1 N–H and O–H groups in total. The van der Waals surface area contributed by atoms with E-state index in [0.29, 0.717) is 22.6 Å². The fourth-order valence-corrected chi connectivity index (χ4v) is 3.96. The van der Waals surface area contributed by atoms with Gasteiger partial charge in [0.05, 0.1) is 0 Å². The van der Waals surface area contributed by atoms with Crippen LogP contribution in [0.1, 0.15) is 33.1 Å². The van der Waals surface area contributed by atoms with Crippen LogP contribution in [-0.4, -0.2) is 20.3 Å². The number of hydrogen-bond acceptors (Lipinski definition) is 5. The third-order valence-electron chi connectivity index (χ3n) is 4.48. The van der Waals surface area contributed by atoms with E-state index >= 15 is 0 Å². The van der Waals surface area contributed by atoms with Gasteiger partial charge in [-0.3, -0.25) is 0 Å². The van der Waals surface area contributed by atoms with Crippen molar-refractivity contribution in [2.24, 2.45) is 11.8 Å². The lowest BCUT2D eigenvalue weighted by atomic mass is 9.93. The molecule has 1 fully saturated rings. The lowest BCUT2D eigenvalue weighted by Crippen LogP contribution is -2.25. The van der Waals surface area contributed by atoms with Gasteiger partial charge in [-0.25, -0.2) is 0 Å². The van der Waals surface area contributed by atoms with Gasteiger partial charge in [0.1, 0.15) is 6.20 Å². The van der Waals surface area contributed by atoms with Gasteiger partial charge < -0.3 is 15.4 Å². The van der Waals surface area contributed by atoms with Crippen molar-refractivity contribution in [1.82, 2.24) is 9.38 Å². The quantitative estimate of drug-likeness (QED) is 0.691. The first-order chi connectivity index (χ1) is 9.61. The highest BCUT2D eigenvalue weighted by Gasteiger charge is 2.34. The molecule has 0 aromatic carbocycles. The molecule has 1 aliphatic carbocycles. The monoisotopic (exact) mass is 294 g/mol. The summed E-state index contributed by atoms with van der Waals surface area (Å²) in [6.45, 7) is 4.43. The number of nitro groups is 1. The fraction of sp³-hybridized carbons (Fsp3) is 0.615. The number of fused-ring (bicyclic) bond motifs is 1. The first-order valence-corrected chi connectivity index (χ1v) is 7.86. The molecule has 2 aromatic rings. The van der Waals surface area contributed by atoms with E-state index in [1.54, 1.807) is 10.6 Å². The number of imidazole rings is 1. The van der Waals surface area contributed by atoms with Crippen LogP contribution in [0.5, 0.6) is 0 Å². The van der Waals surface area contributed by atoms with Crippen LogP contribution in [0.3, 0.4) is 0 Å². The van der Waals surface area contributed by atoms with Crippen molar-refractivity contribution < 1.29 is 4.92 Å². The zero-order chi connectivity index (χ0) is 14.3. The molecule has 3 rings (SSSR count). The van der Waals surface area contributed by atoms with Crippen LogP contribution in [0.4, 0.5) is 11.6 Å². The summed E-state index contributed by atoms with van der Waals surface area (Å²) in [5, 5.41) is 16.4. The molecule has 0 saturated heterocycles. The van der Waals surface area contributed by atoms with Gasteiger partial charge in [-0.1, -0.05) is 31.6 Å². The summed E-state index contributed by atoms with van der Waals surface area (Å²) in [6, 6.07) is 0.281. The molecule has 3 unspecified atom stereocenters. The molecular weight excluding hydrogens is 276 g/mol. The minimum atomic E-state index is -0.355. The maximum absolute atomic E-state index is 11.3. The molecule has 0 spiro atoms. The molecular formula is C13H18N4O2S. The molecule has 2 heterocycles. The zero-order valence-corrected chi connectivity index (χ0v) is 12.4. The molecule has 7 heteroatoms. The number of nitrogens with one attached hydrogen (secondary N) is 1. The summed E-state index contributed by atoms with van der Waals surface area (Å²) >= 11 is 1.41. The highest BCUT2D eigenvalue weighted by Crippen LogP contribution is 2.37. The molecule has 0 radical (unpaired) electrons. The van der Waals surface area contributed by atoms with Crippen LogP contribution in [0.25, 0.3) is 4.96 Å². The van der Waals surface area contributed by atoms with Crippen LogP contribution in [0, 0.1) is 22.0 Å². The molecule has 1 aliphatic rings. The van der Waals surface area contributed by atoms with Crippen LogP contribution in [-0.2, 0) is 0 Å². The minimum absolute atomic E-state index is 0.0494. The second kappa shape index (κ2) is 5.05. The average Bonchev–Trinajstić information content (AvgIpc) is 3.05. The summed E-state index contributed by atoms with van der Waals surface area (Å²) in [4.78, 5) is 16.0. The second-order valence-electron chi connectivity index (χ2n) is 5.45. The summed E-state index contributed by atoms with van der Waals surface area (Å²) in [6.07, 6.45) is 5.11. The highest BCUT2D eigenvalue weighted by molar-refractivity contribution is 7.15. The summed E-state index contributed by atoms with van der Waals surface area (Å²) in [5.41, 5.74) is 0. The Labute approximate surface area is 121 Å². The standard InChI is InChI=1S/C13H18N4O2S/c1-3-9-4-5-10(8(9)2)14-11-12(17(18)19)16-6-7-20-13(16)15-11/h6-10,14H,3-5H2,1-2H3. The van der Waals surface area contributed by atoms with Gasteiger partial charge in [0, 0.05) is 11.4 Å². The Hall–Kier alpha value is -1.63. The normalized spacial score (nSPS) is 26.2. The number of aromatic nitrogens is 2. The predicted octanol–water partition coefficient (Wildman–Crippen LogP) is 3.54. The van der Waals surface area contributed by atoms with Gasteiger partial charge in [-0.05, 0) is 29.6 Å². The van der Waals surface area contributed by atoms with E-state index in [1.807, 2.05) is 5.38 Å². The van der Waals surface area contributed by atoms with Crippen molar-refractivity contribution in [2.45, 2.75) is 39.2 Å². The molecule has 3 atom stereocenters. The maximum atomic E-state index is 11.3. The fourth-order valence-electron chi connectivity index (χ4n) is 3.25. The molecule has 0 aliphatic heterocycles. The molecule has 2 aromatic heterocycles. The molecule has 6 nitrogen and oxygen atoms in total. The highest BCUT2D eigenvalue weighted by atomic mass is 32.1. The first kappa shape index (κ1) is 13.4. The Morgan fingerprint density at radius 3 is 3.05 bits per heavy atom. The Kier molecular flexibility index (Phi) is 3.37. The van der Waals surface area contributed by atoms with Gasteiger partial charge in [0.15, 0.2) is 0 Å². The first-order valence-electron chi connectivity index (χ1n) is 6.98. The molecule has 0 bridgehead atoms. The van der Waals surface area contributed by atoms with E-state index in [1.165, 1.54) is 24.2 Å². The third kappa shape index (κ3) is 2.06. The largest absolute Gasteiger partial charge is 0.372 e. The second-order valence-corrected chi connectivity index (χ2v) is 6.33. The van der Waals surface area contributed by atoms with Crippen molar-refractivity contribution in [3.05, 3.63) is 21.7 Å². The van der Waals surface area contributed by atoms with Crippen molar-refractivity contribution in [2.75, 3.05) is 5.32 Å². The van der Waals surface area contributed by atoms with E-state index < -0.39 is 0 Å². The van der Waals surface area contributed by atoms with E-state index in [4.69, 9.17) is 0 Å². The predicted molar refractivity (Wildman–Crippen MR) is 79.3 cm³/mol. The van der Waals surface area contributed by atoms with Crippen LogP contribution < -0.4 is 5.32 Å². The topological polar surface area (TPSA) is 72.5 Å². The molecule has 108 valence electrons. The van der Waals surface area contributed by atoms with E-state index in [2.05, 4.69) is 24.1 Å². The SMILES string of the molecule is CCC1CCC(Nc2nc3sccn3c2[N+](=O)[O-])C1C. The lowest BCUT2D eigenvalue weighted by molar-refractivity contribution is -0.389. The number of nitrogens with zero attached hydrogens (tertiary/aromatic N) is 3. The maximum Gasteiger partial charge on any atom is 0.372 e. The number of rotatable bonds is 4.